The van der Waals surface area contributed by atoms with Gasteiger partial charge >= 0.3 is 6.03 Å². The van der Waals surface area contributed by atoms with Gasteiger partial charge in [0.1, 0.15) is 11.3 Å². The van der Waals surface area contributed by atoms with Gasteiger partial charge in [0, 0.05) is 24.1 Å². The number of anilines is 2. The smallest absolute Gasteiger partial charge is 0.319 e. The third-order valence-corrected chi connectivity index (χ3v) is 6.40. The lowest BCUT2D eigenvalue weighted by molar-refractivity contribution is 0.102. The minimum atomic E-state index is -0.263. The van der Waals surface area contributed by atoms with Crippen LogP contribution in [-0.4, -0.2) is 27.9 Å². The lowest BCUT2D eigenvalue weighted by Crippen LogP contribution is -2.32. The molecule has 1 atom stereocenters. The number of nitrogens with one attached hydrogen (secondary N) is 4. The number of urea groups is 1. The highest BCUT2D eigenvalue weighted by atomic mass is 16.2. The lowest BCUT2D eigenvalue weighted by atomic mass is 9.99. The van der Waals surface area contributed by atoms with Crippen LogP contribution >= 0.6 is 0 Å². The van der Waals surface area contributed by atoms with E-state index in [9.17, 15) is 9.59 Å². The van der Waals surface area contributed by atoms with Crippen LogP contribution in [0, 0.1) is 6.92 Å². The van der Waals surface area contributed by atoms with Crippen molar-refractivity contribution >= 4 is 29.0 Å². The number of hydrogen-bond donors (Lipinski definition) is 4. The molecule has 0 fully saturated rings. The zero-order valence-corrected chi connectivity index (χ0v) is 19.8. The van der Waals surface area contributed by atoms with Crippen molar-refractivity contribution in [3.05, 3.63) is 94.9 Å². The van der Waals surface area contributed by atoms with Gasteiger partial charge in [-0.2, -0.15) is 0 Å². The van der Waals surface area contributed by atoms with Gasteiger partial charge in [0.2, 0.25) is 0 Å². The van der Waals surface area contributed by atoms with Crippen LogP contribution in [0.5, 0.6) is 0 Å². The summed E-state index contributed by atoms with van der Waals surface area (Å²) >= 11 is 0. The average molecular weight is 469 g/mol. The number of benzene rings is 2. The Morgan fingerprint density at radius 2 is 1.94 bits per heavy atom. The first-order chi connectivity index (χ1) is 17.0. The number of fused-ring (bicyclic) bond motifs is 2. The quantitative estimate of drug-likeness (QED) is 0.348. The number of aromatic nitrogens is 2. The second-order valence-corrected chi connectivity index (χ2v) is 8.79. The van der Waals surface area contributed by atoms with Gasteiger partial charge < -0.3 is 21.3 Å². The van der Waals surface area contributed by atoms with Gasteiger partial charge in [0.05, 0.1) is 12.2 Å². The van der Waals surface area contributed by atoms with Crippen molar-refractivity contribution < 1.29 is 9.59 Å². The van der Waals surface area contributed by atoms with Crippen LogP contribution in [0.1, 0.15) is 45.7 Å². The number of nitrogens with zero attached hydrogens (tertiary/aromatic N) is 2. The van der Waals surface area contributed by atoms with Crippen molar-refractivity contribution in [3.63, 3.8) is 0 Å². The molecule has 3 amide bonds. The number of imidazole rings is 1. The van der Waals surface area contributed by atoms with Crippen LogP contribution in [0.15, 0.2) is 67.0 Å². The van der Waals surface area contributed by atoms with Crippen molar-refractivity contribution in [3.8, 4) is 0 Å². The minimum absolute atomic E-state index is 0.245. The summed E-state index contributed by atoms with van der Waals surface area (Å²) in [5.41, 5.74) is 6.92. The standard InChI is InChI=1S/C27H28N6O2/c1-17-9-10-19(14-23(17)31-26(34)24-16-29-25-8-3-4-13-33(24)25)18(2)30-27(35)32-22-7-5-6-20-15-28-12-11-21(20)22/h3-10,13-14,16,18,28H,11-12,15H2,1-2H3,(H,31,34)(H2,30,32,35)/t18-/m0/s1. The summed E-state index contributed by atoms with van der Waals surface area (Å²) in [6.07, 6.45) is 4.26. The van der Waals surface area contributed by atoms with Crippen LogP contribution in [0.2, 0.25) is 0 Å². The second-order valence-electron chi connectivity index (χ2n) is 8.79. The summed E-state index contributed by atoms with van der Waals surface area (Å²) in [7, 11) is 0. The number of carbonyl (C=O) groups excluding carboxylic acids is 2. The predicted octanol–water partition coefficient (Wildman–Crippen LogP) is 4.42. The van der Waals surface area contributed by atoms with Gasteiger partial charge in [-0.1, -0.05) is 30.3 Å². The molecular weight excluding hydrogens is 440 g/mol. The monoisotopic (exact) mass is 468 g/mol. The van der Waals surface area contributed by atoms with Crippen molar-refractivity contribution in [2.45, 2.75) is 32.9 Å². The summed E-state index contributed by atoms with van der Waals surface area (Å²) in [6.45, 7) is 5.57. The molecular formula is C27H28N6O2. The van der Waals surface area contributed by atoms with E-state index in [-0.39, 0.29) is 18.0 Å². The minimum Gasteiger partial charge on any atom is -0.331 e. The summed E-state index contributed by atoms with van der Waals surface area (Å²) in [6, 6.07) is 16.9. The number of aryl methyl sites for hydroxylation is 1. The molecule has 0 saturated heterocycles. The molecule has 0 unspecified atom stereocenters. The highest BCUT2D eigenvalue weighted by Crippen LogP contribution is 2.25. The Bertz CT molecular complexity index is 1410. The van der Waals surface area contributed by atoms with E-state index in [2.05, 4.69) is 32.3 Å². The molecule has 8 nitrogen and oxygen atoms in total. The topological polar surface area (TPSA) is 99.6 Å². The van der Waals surface area contributed by atoms with Gasteiger partial charge in [0.15, 0.2) is 0 Å². The first kappa shape index (κ1) is 22.6. The Kier molecular flexibility index (Phi) is 6.20. The van der Waals surface area contributed by atoms with Gasteiger partial charge in [-0.25, -0.2) is 9.78 Å². The van der Waals surface area contributed by atoms with E-state index in [1.54, 1.807) is 10.6 Å². The maximum Gasteiger partial charge on any atom is 0.319 e. The number of rotatable bonds is 5. The molecule has 2 aromatic heterocycles. The van der Waals surface area contributed by atoms with E-state index in [1.807, 2.05) is 68.6 Å². The zero-order valence-electron chi connectivity index (χ0n) is 19.8. The van der Waals surface area contributed by atoms with E-state index in [0.29, 0.717) is 17.0 Å². The molecule has 178 valence electrons. The highest BCUT2D eigenvalue weighted by molar-refractivity contribution is 6.04. The normalized spacial score (nSPS) is 13.7. The van der Waals surface area contributed by atoms with E-state index in [1.165, 1.54) is 11.1 Å². The van der Waals surface area contributed by atoms with Crippen molar-refractivity contribution in [2.75, 3.05) is 17.2 Å². The largest absolute Gasteiger partial charge is 0.331 e. The molecule has 0 radical (unpaired) electrons. The number of pyridine rings is 1. The van der Waals surface area contributed by atoms with E-state index >= 15 is 0 Å². The molecule has 0 aliphatic carbocycles. The molecule has 35 heavy (non-hydrogen) atoms. The number of amides is 3. The Balaban J connectivity index is 1.28. The number of hydrogen-bond acceptors (Lipinski definition) is 4. The van der Waals surface area contributed by atoms with Crippen LogP contribution in [0.4, 0.5) is 16.2 Å². The van der Waals surface area contributed by atoms with E-state index in [0.717, 1.165) is 36.3 Å². The Morgan fingerprint density at radius 1 is 1.06 bits per heavy atom. The fraction of sp³-hybridized carbons (Fsp3) is 0.222. The van der Waals surface area contributed by atoms with Gasteiger partial charge in [-0.3, -0.25) is 9.20 Å². The van der Waals surface area contributed by atoms with Gasteiger partial charge in [-0.05, 0) is 73.3 Å². The molecule has 0 saturated carbocycles. The fourth-order valence-electron chi connectivity index (χ4n) is 4.42. The van der Waals surface area contributed by atoms with Crippen LogP contribution in [-0.2, 0) is 13.0 Å². The summed E-state index contributed by atoms with van der Waals surface area (Å²) in [5.74, 6) is -0.245. The molecule has 0 bridgehead atoms. The SMILES string of the molecule is Cc1ccc([C@H](C)NC(=O)Nc2cccc3c2CCNC3)cc1NC(=O)c1cnc2ccccn12. The first-order valence-corrected chi connectivity index (χ1v) is 11.7. The van der Waals surface area contributed by atoms with Crippen LogP contribution < -0.4 is 21.3 Å². The number of carbonyl (C=O) groups is 2. The van der Waals surface area contributed by atoms with E-state index < -0.39 is 0 Å². The molecule has 4 aromatic rings. The van der Waals surface area contributed by atoms with Gasteiger partial charge in [0.25, 0.3) is 5.91 Å². The molecule has 1 aliphatic rings. The third-order valence-electron chi connectivity index (χ3n) is 6.40. The van der Waals surface area contributed by atoms with Crippen molar-refractivity contribution in [2.24, 2.45) is 0 Å². The summed E-state index contributed by atoms with van der Waals surface area (Å²) in [4.78, 5) is 30.0. The maximum absolute atomic E-state index is 13.0. The van der Waals surface area contributed by atoms with Crippen molar-refractivity contribution in [1.82, 2.24) is 20.0 Å². The van der Waals surface area contributed by atoms with Gasteiger partial charge in [-0.15, -0.1) is 0 Å². The predicted molar refractivity (Wildman–Crippen MR) is 137 cm³/mol. The molecule has 0 spiro atoms. The fourth-order valence-corrected chi connectivity index (χ4v) is 4.42. The highest BCUT2D eigenvalue weighted by Gasteiger charge is 2.17. The van der Waals surface area contributed by atoms with E-state index in [4.69, 9.17) is 0 Å². The van der Waals surface area contributed by atoms with Crippen molar-refractivity contribution in [1.29, 1.82) is 0 Å². The zero-order chi connectivity index (χ0) is 24.4. The molecule has 3 heterocycles. The second kappa shape index (κ2) is 9.60. The lowest BCUT2D eigenvalue weighted by Gasteiger charge is -2.22. The molecule has 2 aromatic carbocycles. The van der Waals surface area contributed by atoms with Crippen LogP contribution in [0.25, 0.3) is 5.65 Å². The maximum atomic E-state index is 13.0. The molecule has 8 heteroatoms. The Labute approximate surface area is 203 Å². The summed E-state index contributed by atoms with van der Waals surface area (Å²) < 4.78 is 1.75. The first-order valence-electron chi connectivity index (χ1n) is 11.7. The Morgan fingerprint density at radius 3 is 2.83 bits per heavy atom. The Hall–Kier alpha value is -4.17. The van der Waals surface area contributed by atoms with Crippen LogP contribution in [0.3, 0.4) is 0 Å². The summed E-state index contributed by atoms with van der Waals surface area (Å²) in [5, 5.41) is 12.4. The molecule has 1 aliphatic heterocycles. The third kappa shape index (κ3) is 4.74. The molecule has 4 N–H and O–H groups in total. The average Bonchev–Trinajstić information content (AvgIpc) is 3.30. The molecule has 5 rings (SSSR count).